The van der Waals surface area contributed by atoms with Crippen LogP contribution in [-0.4, -0.2) is 0 Å². The lowest BCUT2D eigenvalue weighted by molar-refractivity contribution is 0.600. The van der Waals surface area contributed by atoms with Crippen molar-refractivity contribution < 1.29 is 4.39 Å². The lowest BCUT2D eigenvalue weighted by Crippen LogP contribution is -2.12. The van der Waals surface area contributed by atoms with Gasteiger partial charge in [-0.1, -0.05) is 17.7 Å². The number of hydrogen-bond acceptors (Lipinski definition) is 2. The standard InChI is InChI=1S/C13H13BrFNS/c1-7-3-4-10(15)9(5-7)12(16)11-6-8(2)13(14)17-11/h3-6,12H,16H2,1-2H3. The molecule has 0 amide bonds. The average Bonchev–Trinajstić information content (AvgIpc) is 2.62. The van der Waals surface area contributed by atoms with Gasteiger partial charge in [0.25, 0.3) is 0 Å². The maximum absolute atomic E-state index is 13.7. The first-order valence-electron chi connectivity index (χ1n) is 5.26. The lowest BCUT2D eigenvalue weighted by Gasteiger charge is -2.11. The van der Waals surface area contributed by atoms with E-state index in [1.165, 1.54) is 6.07 Å². The number of aryl methyl sites for hydroxylation is 2. The maximum Gasteiger partial charge on any atom is 0.128 e. The highest BCUT2D eigenvalue weighted by molar-refractivity contribution is 9.11. The van der Waals surface area contributed by atoms with Crippen molar-refractivity contribution in [2.45, 2.75) is 19.9 Å². The van der Waals surface area contributed by atoms with Crippen LogP contribution in [0.4, 0.5) is 4.39 Å². The molecule has 0 aliphatic carbocycles. The molecule has 1 aromatic carbocycles. The van der Waals surface area contributed by atoms with Crippen LogP contribution in [0.15, 0.2) is 28.1 Å². The van der Waals surface area contributed by atoms with Crippen molar-refractivity contribution in [2.24, 2.45) is 5.73 Å². The number of benzene rings is 1. The van der Waals surface area contributed by atoms with Crippen LogP contribution in [0, 0.1) is 19.7 Å². The topological polar surface area (TPSA) is 26.0 Å². The number of nitrogens with two attached hydrogens (primary N) is 1. The minimum atomic E-state index is -0.398. The van der Waals surface area contributed by atoms with Crippen molar-refractivity contribution in [3.63, 3.8) is 0 Å². The van der Waals surface area contributed by atoms with E-state index in [1.54, 1.807) is 17.4 Å². The van der Waals surface area contributed by atoms with Crippen LogP contribution in [-0.2, 0) is 0 Å². The van der Waals surface area contributed by atoms with Crippen molar-refractivity contribution in [3.05, 3.63) is 55.4 Å². The summed E-state index contributed by atoms with van der Waals surface area (Å²) in [6.45, 7) is 3.94. The molecule has 1 heterocycles. The summed E-state index contributed by atoms with van der Waals surface area (Å²) in [5.74, 6) is -0.245. The number of halogens is 2. The summed E-state index contributed by atoms with van der Waals surface area (Å²) < 4.78 is 14.8. The molecule has 0 aliphatic rings. The van der Waals surface area contributed by atoms with Gasteiger partial charge in [-0.3, -0.25) is 0 Å². The summed E-state index contributed by atoms with van der Waals surface area (Å²) in [5, 5.41) is 0. The van der Waals surface area contributed by atoms with Crippen LogP contribution in [0.2, 0.25) is 0 Å². The van der Waals surface area contributed by atoms with E-state index in [0.29, 0.717) is 5.56 Å². The Labute approximate surface area is 113 Å². The highest BCUT2D eigenvalue weighted by Crippen LogP contribution is 2.34. The first-order chi connectivity index (χ1) is 7.99. The molecule has 1 atom stereocenters. The molecule has 2 aromatic rings. The molecule has 1 unspecified atom stereocenters. The molecule has 1 aromatic heterocycles. The van der Waals surface area contributed by atoms with Gasteiger partial charge >= 0.3 is 0 Å². The minimum Gasteiger partial charge on any atom is -0.320 e. The predicted molar refractivity (Wildman–Crippen MR) is 73.9 cm³/mol. The zero-order valence-electron chi connectivity index (χ0n) is 9.63. The second-order valence-corrected chi connectivity index (χ2v) is 6.51. The summed E-state index contributed by atoms with van der Waals surface area (Å²) in [7, 11) is 0. The number of hydrogen-bond donors (Lipinski definition) is 1. The SMILES string of the molecule is Cc1ccc(F)c(C(N)c2cc(C)c(Br)s2)c1. The van der Waals surface area contributed by atoms with Crippen molar-refractivity contribution in [2.75, 3.05) is 0 Å². The first kappa shape index (κ1) is 12.7. The quantitative estimate of drug-likeness (QED) is 0.878. The maximum atomic E-state index is 13.7. The molecule has 0 radical (unpaired) electrons. The Morgan fingerprint density at radius 3 is 2.59 bits per heavy atom. The van der Waals surface area contributed by atoms with Gasteiger partial charge < -0.3 is 5.73 Å². The van der Waals surface area contributed by atoms with E-state index in [9.17, 15) is 4.39 Å². The minimum absolute atomic E-state index is 0.245. The zero-order valence-corrected chi connectivity index (χ0v) is 12.0. The molecule has 0 fully saturated rings. The van der Waals surface area contributed by atoms with Gasteiger partial charge in [0.05, 0.1) is 9.83 Å². The summed E-state index contributed by atoms with van der Waals surface area (Å²) in [6, 6.07) is 6.63. The van der Waals surface area contributed by atoms with Gasteiger partial charge in [-0.2, -0.15) is 0 Å². The molecule has 4 heteroatoms. The number of rotatable bonds is 2. The third kappa shape index (κ3) is 2.59. The molecule has 2 rings (SSSR count). The monoisotopic (exact) mass is 313 g/mol. The van der Waals surface area contributed by atoms with E-state index in [0.717, 1.165) is 19.8 Å². The normalized spacial score (nSPS) is 12.8. The molecule has 0 bridgehead atoms. The Balaban J connectivity index is 2.42. The molecule has 1 nitrogen and oxygen atoms in total. The molecular formula is C13H13BrFNS. The summed E-state index contributed by atoms with van der Waals surface area (Å²) in [4.78, 5) is 0.971. The molecular weight excluding hydrogens is 301 g/mol. The Hall–Kier alpha value is -0.710. The number of thiophene rings is 1. The summed E-state index contributed by atoms with van der Waals surface area (Å²) in [5.41, 5.74) is 8.82. The fourth-order valence-electron chi connectivity index (χ4n) is 1.69. The van der Waals surface area contributed by atoms with E-state index in [1.807, 2.05) is 26.0 Å². The second-order valence-electron chi connectivity index (χ2n) is 4.11. The van der Waals surface area contributed by atoms with E-state index < -0.39 is 6.04 Å². The van der Waals surface area contributed by atoms with Gasteiger partial charge in [-0.15, -0.1) is 11.3 Å². The van der Waals surface area contributed by atoms with Crippen molar-refractivity contribution in [3.8, 4) is 0 Å². The lowest BCUT2D eigenvalue weighted by atomic mass is 10.0. The Morgan fingerprint density at radius 2 is 2.00 bits per heavy atom. The van der Waals surface area contributed by atoms with Gasteiger partial charge in [0.2, 0.25) is 0 Å². The Kier molecular flexibility index (Phi) is 3.66. The van der Waals surface area contributed by atoms with Gasteiger partial charge in [0, 0.05) is 10.4 Å². The predicted octanol–water partition coefficient (Wildman–Crippen LogP) is 4.31. The Bertz CT molecular complexity index is 531. The van der Waals surface area contributed by atoms with Crippen molar-refractivity contribution in [1.29, 1.82) is 0 Å². The van der Waals surface area contributed by atoms with Crippen LogP contribution in [0.25, 0.3) is 0 Å². The fraction of sp³-hybridized carbons (Fsp3) is 0.231. The molecule has 0 spiro atoms. The van der Waals surface area contributed by atoms with Crippen LogP contribution in [0.3, 0.4) is 0 Å². The van der Waals surface area contributed by atoms with Gasteiger partial charge in [0.15, 0.2) is 0 Å². The second kappa shape index (κ2) is 4.88. The average molecular weight is 314 g/mol. The molecule has 0 saturated heterocycles. The Morgan fingerprint density at radius 1 is 1.29 bits per heavy atom. The van der Waals surface area contributed by atoms with E-state index >= 15 is 0 Å². The van der Waals surface area contributed by atoms with Gasteiger partial charge in [-0.25, -0.2) is 4.39 Å². The van der Waals surface area contributed by atoms with Gasteiger partial charge in [0.1, 0.15) is 5.82 Å². The highest BCUT2D eigenvalue weighted by Gasteiger charge is 2.16. The summed E-state index contributed by atoms with van der Waals surface area (Å²) >= 11 is 5.02. The third-order valence-corrected chi connectivity index (χ3v) is 4.89. The molecule has 90 valence electrons. The van der Waals surface area contributed by atoms with Crippen LogP contribution >= 0.6 is 27.3 Å². The van der Waals surface area contributed by atoms with Gasteiger partial charge in [-0.05, 0) is 47.5 Å². The van der Waals surface area contributed by atoms with E-state index in [2.05, 4.69) is 15.9 Å². The first-order valence-corrected chi connectivity index (χ1v) is 6.87. The molecule has 0 aliphatic heterocycles. The highest BCUT2D eigenvalue weighted by atomic mass is 79.9. The van der Waals surface area contributed by atoms with Crippen molar-refractivity contribution >= 4 is 27.3 Å². The zero-order chi connectivity index (χ0) is 12.6. The third-order valence-electron chi connectivity index (χ3n) is 2.67. The molecule has 2 N–H and O–H groups in total. The fourth-order valence-corrected chi connectivity index (χ4v) is 3.28. The van der Waals surface area contributed by atoms with E-state index in [-0.39, 0.29) is 5.82 Å². The van der Waals surface area contributed by atoms with Crippen LogP contribution < -0.4 is 5.73 Å². The summed E-state index contributed by atoms with van der Waals surface area (Å²) in [6.07, 6.45) is 0. The van der Waals surface area contributed by atoms with Crippen LogP contribution in [0.1, 0.15) is 27.6 Å². The smallest absolute Gasteiger partial charge is 0.128 e. The largest absolute Gasteiger partial charge is 0.320 e. The molecule has 17 heavy (non-hydrogen) atoms. The van der Waals surface area contributed by atoms with E-state index in [4.69, 9.17) is 5.73 Å². The van der Waals surface area contributed by atoms with Crippen LogP contribution in [0.5, 0.6) is 0 Å². The molecule has 0 saturated carbocycles. The van der Waals surface area contributed by atoms with Crippen molar-refractivity contribution in [1.82, 2.24) is 0 Å².